The third-order valence-corrected chi connectivity index (χ3v) is 3.22. The second kappa shape index (κ2) is 4.83. The van der Waals surface area contributed by atoms with Crippen molar-refractivity contribution in [3.05, 3.63) is 34.3 Å². The van der Waals surface area contributed by atoms with Crippen molar-refractivity contribution in [1.82, 2.24) is 4.98 Å². The van der Waals surface area contributed by atoms with E-state index in [-0.39, 0.29) is 0 Å². The van der Waals surface area contributed by atoms with E-state index in [1.807, 2.05) is 12.1 Å². The van der Waals surface area contributed by atoms with Gasteiger partial charge in [-0.05, 0) is 53.0 Å². The van der Waals surface area contributed by atoms with Crippen LogP contribution in [0, 0.1) is 6.92 Å². The number of hydrogen-bond donors (Lipinski definition) is 1. The summed E-state index contributed by atoms with van der Waals surface area (Å²) >= 11 is 3.54. The van der Waals surface area contributed by atoms with Gasteiger partial charge in [0.05, 0.1) is 5.52 Å². The van der Waals surface area contributed by atoms with E-state index < -0.39 is 0 Å². The Labute approximate surface area is 104 Å². The largest absolute Gasteiger partial charge is 0.370 e. The second-order valence-corrected chi connectivity index (χ2v) is 4.74. The third-order valence-electron chi connectivity index (χ3n) is 2.58. The number of fused-ring (bicyclic) bond motifs is 1. The molecule has 0 radical (unpaired) electrons. The first-order chi connectivity index (χ1) is 7.72. The Hall–Kier alpha value is -1.09. The van der Waals surface area contributed by atoms with Gasteiger partial charge in [0.1, 0.15) is 5.82 Å². The van der Waals surface area contributed by atoms with E-state index in [1.165, 1.54) is 10.9 Å². The topological polar surface area (TPSA) is 24.9 Å². The average Bonchev–Trinajstić information content (AvgIpc) is 2.31. The van der Waals surface area contributed by atoms with Gasteiger partial charge in [-0.2, -0.15) is 0 Å². The quantitative estimate of drug-likeness (QED) is 0.913. The van der Waals surface area contributed by atoms with Crippen molar-refractivity contribution in [2.45, 2.75) is 20.3 Å². The normalized spacial score (nSPS) is 10.7. The minimum absolute atomic E-state index is 0.945. The molecule has 0 unspecified atom stereocenters. The van der Waals surface area contributed by atoms with Crippen molar-refractivity contribution in [3.63, 3.8) is 0 Å². The molecule has 16 heavy (non-hydrogen) atoms. The molecule has 84 valence electrons. The molecule has 1 aromatic carbocycles. The van der Waals surface area contributed by atoms with Crippen molar-refractivity contribution in [1.29, 1.82) is 0 Å². The molecule has 0 saturated carbocycles. The number of anilines is 1. The molecule has 2 rings (SSSR count). The highest BCUT2D eigenvalue weighted by atomic mass is 79.9. The minimum Gasteiger partial charge on any atom is -0.370 e. The summed E-state index contributed by atoms with van der Waals surface area (Å²) in [5.74, 6) is 0.945. The molecule has 0 aliphatic heterocycles. The lowest BCUT2D eigenvalue weighted by Gasteiger charge is -2.08. The zero-order valence-corrected chi connectivity index (χ0v) is 11.1. The van der Waals surface area contributed by atoms with Gasteiger partial charge in [-0.1, -0.05) is 13.0 Å². The van der Waals surface area contributed by atoms with E-state index in [4.69, 9.17) is 0 Å². The first-order valence-corrected chi connectivity index (χ1v) is 6.31. The molecule has 0 spiro atoms. The van der Waals surface area contributed by atoms with E-state index in [0.29, 0.717) is 0 Å². The van der Waals surface area contributed by atoms with E-state index in [9.17, 15) is 0 Å². The number of rotatable bonds is 3. The summed E-state index contributed by atoms with van der Waals surface area (Å²) < 4.78 is 1.05. The van der Waals surface area contributed by atoms with Crippen LogP contribution in [0.2, 0.25) is 0 Å². The fraction of sp³-hybridized carbons (Fsp3) is 0.308. The molecule has 3 heteroatoms. The highest BCUT2D eigenvalue weighted by molar-refractivity contribution is 9.10. The maximum Gasteiger partial charge on any atom is 0.126 e. The van der Waals surface area contributed by atoms with E-state index in [0.717, 1.165) is 28.8 Å². The van der Waals surface area contributed by atoms with Gasteiger partial charge in [-0.3, -0.25) is 0 Å². The standard InChI is InChI=1S/C13H15BrN2/c1-3-8-15-12-7-5-10-9(2)4-6-11(14)13(10)16-12/h4-7H,3,8H2,1-2H3,(H,15,16). The van der Waals surface area contributed by atoms with Crippen LogP contribution < -0.4 is 5.32 Å². The summed E-state index contributed by atoms with van der Waals surface area (Å²) in [4.78, 5) is 4.62. The van der Waals surface area contributed by atoms with Gasteiger partial charge in [0.2, 0.25) is 0 Å². The number of halogens is 1. The van der Waals surface area contributed by atoms with E-state index >= 15 is 0 Å². The van der Waals surface area contributed by atoms with Crippen LogP contribution in [0.15, 0.2) is 28.7 Å². The fourth-order valence-electron chi connectivity index (χ4n) is 1.68. The first-order valence-electron chi connectivity index (χ1n) is 5.52. The summed E-state index contributed by atoms with van der Waals surface area (Å²) in [6, 6.07) is 8.32. The maximum atomic E-state index is 4.62. The van der Waals surface area contributed by atoms with Crippen molar-refractivity contribution < 1.29 is 0 Å². The highest BCUT2D eigenvalue weighted by Gasteiger charge is 2.04. The van der Waals surface area contributed by atoms with Crippen LogP contribution in [-0.2, 0) is 0 Å². The maximum absolute atomic E-state index is 4.62. The van der Waals surface area contributed by atoms with Crippen LogP contribution in [0.1, 0.15) is 18.9 Å². The number of nitrogens with zero attached hydrogens (tertiary/aromatic N) is 1. The fourth-order valence-corrected chi connectivity index (χ4v) is 2.11. The Balaban J connectivity index is 2.48. The lowest BCUT2D eigenvalue weighted by Crippen LogP contribution is -2.01. The van der Waals surface area contributed by atoms with Crippen LogP contribution in [0.4, 0.5) is 5.82 Å². The van der Waals surface area contributed by atoms with Gasteiger partial charge >= 0.3 is 0 Å². The van der Waals surface area contributed by atoms with E-state index in [1.54, 1.807) is 0 Å². The zero-order chi connectivity index (χ0) is 11.5. The Morgan fingerprint density at radius 3 is 2.81 bits per heavy atom. The number of aryl methyl sites for hydroxylation is 1. The van der Waals surface area contributed by atoms with Gasteiger partial charge in [-0.25, -0.2) is 4.98 Å². The minimum atomic E-state index is 0.945. The summed E-state index contributed by atoms with van der Waals surface area (Å²) in [5, 5.41) is 4.51. The summed E-state index contributed by atoms with van der Waals surface area (Å²) in [7, 11) is 0. The van der Waals surface area contributed by atoms with Crippen molar-refractivity contribution >= 4 is 32.7 Å². The van der Waals surface area contributed by atoms with Gasteiger partial charge in [0.25, 0.3) is 0 Å². The molecule has 0 bridgehead atoms. The Kier molecular flexibility index (Phi) is 3.44. The SMILES string of the molecule is CCCNc1ccc2c(C)ccc(Br)c2n1. The third kappa shape index (κ3) is 2.19. The number of nitrogens with one attached hydrogen (secondary N) is 1. The molecule has 0 atom stereocenters. The zero-order valence-electron chi connectivity index (χ0n) is 9.55. The van der Waals surface area contributed by atoms with Crippen LogP contribution >= 0.6 is 15.9 Å². The van der Waals surface area contributed by atoms with E-state index in [2.05, 4.69) is 52.2 Å². The summed E-state index contributed by atoms with van der Waals surface area (Å²) in [6.07, 6.45) is 1.11. The number of benzene rings is 1. The first kappa shape index (κ1) is 11.4. The molecule has 0 aliphatic rings. The van der Waals surface area contributed by atoms with Gasteiger partial charge in [0.15, 0.2) is 0 Å². The second-order valence-electron chi connectivity index (χ2n) is 3.88. The predicted molar refractivity (Wildman–Crippen MR) is 73.0 cm³/mol. The van der Waals surface area contributed by atoms with Gasteiger partial charge in [0, 0.05) is 16.4 Å². The number of pyridine rings is 1. The molecular formula is C13H15BrN2. The smallest absolute Gasteiger partial charge is 0.126 e. The Morgan fingerprint density at radius 2 is 2.06 bits per heavy atom. The molecule has 1 aromatic heterocycles. The lowest BCUT2D eigenvalue weighted by atomic mass is 10.1. The van der Waals surface area contributed by atoms with Crippen LogP contribution in [0.3, 0.4) is 0 Å². The number of aromatic nitrogens is 1. The molecule has 1 heterocycles. The van der Waals surface area contributed by atoms with Crippen molar-refractivity contribution in [2.75, 3.05) is 11.9 Å². The van der Waals surface area contributed by atoms with Gasteiger partial charge < -0.3 is 5.32 Å². The number of hydrogen-bond acceptors (Lipinski definition) is 2. The van der Waals surface area contributed by atoms with Crippen LogP contribution in [-0.4, -0.2) is 11.5 Å². The molecule has 2 nitrogen and oxygen atoms in total. The molecule has 0 aliphatic carbocycles. The van der Waals surface area contributed by atoms with Crippen LogP contribution in [0.5, 0.6) is 0 Å². The Morgan fingerprint density at radius 1 is 1.25 bits per heavy atom. The monoisotopic (exact) mass is 278 g/mol. The average molecular weight is 279 g/mol. The lowest BCUT2D eigenvalue weighted by molar-refractivity contribution is 0.971. The summed E-state index contributed by atoms with van der Waals surface area (Å²) in [5.41, 5.74) is 2.29. The van der Waals surface area contributed by atoms with Crippen molar-refractivity contribution in [3.8, 4) is 0 Å². The van der Waals surface area contributed by atoms with Gasteiger partial charge in [-0.15, -0.1) is 0 Å². The predicted octanol–water partition coefficient (Wildman–Crippen LogP) is 4.13. The molecule has 2 aromatic rings. The molecule has 0 saturated heterocycles. The molecule has 1 N–H and O–H groups in total. The molecular weight excluding hydrogens is 264 g/mol. The Bertz CT molecular complexity index is 509. The summed E-state index contributed by atoms with van der Waals surface area (Å²) in [6.45, 7) is 5.21. The highest BCUT2D eigenvalue weighted by Crippen LogP contribution is 2.26. The van der Waals surface area contributed by atoms with Crippen LogP contribution in [0.25, 0.3) is 10.9 Å². The molecule has 0 fully saturated rings. The molecule has 0 amide bonds. The van der Waals surface area contributed by atoms with Crippen molar-refractivity contribution in [2.24, 2.45) is 0 Å².